The first-order chi connectivity index (χ1) is 18.4. The van der Waals surface area contributed by atoms with Crippen LogP contribution in [-0.4, -0.2) is 79.5 Å². The Morgan fingerprint density at radius 1 is 1.21 bits per heavy atom. The molecule has 4 saturated heterocycles. The van der Waals surface area contributed by atoms with Gasteiger partial charge in [-0.05, 0) is 37.6 Å². The Morgan fingerprint density at radius 2 is 2.03 bits per heavy atom. The van der Waals surface area contributed by atoms with E-state index in [9.17, 15) is 10.1 Å². The first-order valence-electron chi connectivity index (χ1n) is 12.5. The van der Waals surface area contributed by atoms with Gasteiger partial charge in [-0.2, -0.15) is 10.4 Å². The van der Waals surface area contributed by atoms with Gasteiger partial charge in [-0.25, -0.2) is 4.52 Å². The summed E-state index contributed by atoms with van der Waals surface area (Å²) in [7, 11) is 0. The number of hydrogen-bond acceptors (Lipinski definition) is 10. The Hall–Kier alpha value is -4.08. The number of nitrogens with zero attached hydrogens (tertiary/aromatic N) is 8. The van der Waals surface area contributed by atoms with Crippen molar-refractivity contribution in [2.45, 2.75) is 37.9 Å². The third-order valence-corrected chi connectivity index (χ3v) is 8.56. The summed E-state index contributed by atoms with van der Waals surface area (Å²) in [5, 5.41) is 28.0. The number of nitriles is 1. The van der Waals surface area contributed by atoms with E-state index in [4.69, 9.17) is 9.72 Å². The van der Waals surface area contributed by atoms with Crippen molar-refractivity contribution in [2.24, 2.45) is 0 Å². The molecule has 2 atom stereocenters. The van der Waals surface area contributed by atoms with Crippen molar-refractivity contribution in [3.63, 3.8) is 0 Å². The monoisotopic (exact) mass is 527 g/mol. The Labute approximate surface area is 222 Å². The van der Waals surface area contributed by atoms with Crippen molar-refractivity contribution in [3.8, 4) is 28.0 Å². The molecule has 4 fully saturated rings. The predicted octanol–water partition coefficient (Wildman–Crippen LogP) is 2.80. The minimum absolute atomic E-state index is 0.149. The lowest BCUT2D eigenvalue weighted by molar-refractivity contribution is -0.143. The van der Waals surface area contributed by atoms with Crippen molar-refractivity contribution in [2.75, 3.05) is 36.5 Å². The second-order valence-electron chi connectivity index (χ2n) is 10.5. The largest absolute Gasteiger partial charge is 0.376 e. The van der Waals surface area contributed by atoms with Crippen LogP contribution in [0.5, 0.6) is 0 Å². The zero-order valence-corrected chi connectivity index (χ0v) is 21.8. The van der Waals surface area contributed by atoms with E-state index in [0.717, 1.165) is 57.8 Å². The zero-order chi connectivity index (χ0) is 26.0. The average Bonchev–Trinajstić information content (AvgIpc) is 3.55. The number of ether oxygens (including phenoxy) is 1. The van der Waals surface area contributed by atoms with Crippen LogP contribution < -0.4 is 10.2 Å². The molecule has 192 valence electrons. The van der Waals surface area contributed by atoms with Crippen LogP contribution in [-0.2, 0) is 9.53 Å². The van der Waals surface area contributed by atoms with E-state index in [1.54, 1.807) is 35.0 Å². The van der Waals surface area contributed by atoms with E-state index in [1.807, 2.05) is 29.3 Å². The highest BCUT2D eigenvalue weighted by molar-refractivity contribution is 7.18. The average molecular weight is 528 g/mol. The number of hydrogen-bond donors (Lipinski definition) is 1. The topological polar surface area (TPSA) is 125 Å². The summed E-state index contributed by atoms with van der Waals surface area (Å²) in [6, 6.07) is 10.4. The van der Waals surface area contributed by atoms with Gasteiger partial charge in [0.1, 0.15) is 6.07 Å². The minimum Gasteiger partial charge on any atom is -0.376 e. The van der Waals surface area contributed by atoms with Gasteiger partial charge in [-0.3, -0.25) is 9.78 Å². The van der Waals surface area contributed by atoms with Crippen LogP contribution in [0.15, 0.2) is 36.7 Å². The van der Waals surface area contributed by atoms with Crippen molar-refractivity contribution in [3.05, 3.63) is 42.2 Å². The normalized spacial score (nSPS) is 21.5. The van der Waals surface area contributed by atoms with Crippen LogP contribution in [0.2, 0.25) is 0 Å². The molecule has 0 saturated carbocycles. The molecule has 4 aromatic rings. The molecule has 8 rings (SSSR count). The van der Waals surface area contributed by atoms with Crippen LogP contribution in [0.1, 0.15) is 25.8 Å². The van der Waals surface area contributed by atoms with Gasteiger partial charge in [0, 0.05) is 31.9 Å². The molecule has 1 amide bonds. The van der Waals surface area contributed by atoms with Crippen LogP contribution in [0.25, 0.3) is 27.5 Å². The molecule has 4 aliphatic rings. The van der Waals surface area contributed by atoms with Crippen LogP contribution >= 0.6 is 11.3 Å². The molecular formula is C26H25N9O2S. The number of amides is 1. The molecular weight excluding hydrogens is 502 g/mol. The molecule has 2 bridgehead atoms. The maximum atomic E-state index is 11.9. The maximum Gasteiger partial charge on any atom is 0.220 e. The number of pyridine rings is 1. The number of carbonyl (C=O) groups excluding carboxylic acids is 1. The summed E-state index contributed by atoms with van der Waals surface area (Å²) in [5.74, 6) is 0.149. The van der Waals surface area contributed by atoms with E-state index in [1.165, 1.54) is 0 Å². The molecule has 4 aliphatic heterocycles. The number of anilines is 2. The van der Waals surface area contributed by atoms with E-state index < -0.39 is 0 Å². The van der Waals surface area contributed by atoms with E-state index in [-0.39, 0.29) is 23.5 Å². The number of piperidine rings is 1. The Morgan fingerprint density at radius 3 is 2.74 bits per heavy atom. The fourth-order valence-electron chi connectivity index (χ4n) is 5.66. The van der Waals surface area contributed by atoms with E-state index in [0.29, 0.717) is 18.8 Å². The smallest absolute Gasteiger partial charge is 0.220 e. The fourth-order valence-corrected chi connectivity index (χ4v) is 6.55. The first-order valence-corrected chi connectivity index (χ1v) is 13.3. The fraction of sp³-hybridized carbons (Fsp3) is 0.385. The highest BCUT2D eigenvalue weighted by Crippen LogP contribution is 2.40. The predicted molar refractivity (Wildman–Crippen MR) is 142 cm³/mol. The number of aromatic nitrogens is 5. The number of piperazine rings is 1. The number of nitrogens with one attached hydrogen (secondary N) is 1. The zero-order valence-electron chi connectivity index (χ0n) is 21.0. The van der Waals surface area contributed by atoms with Gasteiger partial charge in [-0.1, -0.05) is 11.3 Å². The second-order valence-corrected chi connectivity index (χ2v) is 11.4. The number of carbonyl (C=O) groups is 1. The summed E-state index contributed by atoms with van der Waals surface area (Å²) in [4.78, 5) is 20.9. The molecule has 0 radical (unpaired) electrons. The lowest BCUT2D eigenvalue weighted by Gasteiger charge is -2.55. The van der Waals surface area contributed by atoms with Gasteiger partial charge >= 0.3 is 0 Å². The lowest BCUT2D eigenvalue weighted by Crippen LogP contribution is -2.70. The van der Waals surface area contributed by atoms with Crippen molar-refractivity contribution in [1.29, 1.82) is 5.26 Å². The molecule has 4 aromatic heterocycles. The van der Waals surface area contributed by atoms with Gasteiger partial charge in [-0.15, -0.1) is 10.2 Å². The molecule has 0 aliphatic carbocycles. The van der Waals surface area contributed by atoms with Gasteiger partial charge < -0.3 is 19.9 Å². The summed E-state index contributed by atoms with van der Waals surface area (Å²) in [5.41, 5.74) is 4.51. The van der Waals surface area contributed by atoms with Gasteiger partial charge in [0.15, 0.2) is 5.01 Å². The van der Waals surface area contributed by atoms with Crippen molar-refractivity contribution >= 4 is 33.6 Å². The summed E-state index contributed by atoms with van der Waals surface area (Å²) in [6.45, 7) is 6.56. The third kappa shape index (κ3) is 3.69. The third-order valence-electron chi connectivity index (χ3n) is 7.55. The highest BCUT2D eigenvalue weighted by atomic mass is 32.1. The molecule has 38 heavy (non-hydrogen) atoms. The van der Waals surface area contributed by atoms with Crippen LogP contribution in [0.3, 0.4) is 0 Å². The van der Waals surface area contributed by atoms with Crippen LogP contribution in [0.4, 0.5) is 10.8 Å². The highest BCUT2D eigenvalue weighted by Gasteiger charge is 2.46. The van der Waals surface area contributed by atoms with E-state index in [2.05, 4.69) is 38.5 Å². The molecule has 2 unspecified atom stereocenters. The maximum absolute atomic E-state index is 11.9. The molecule has 0 spiro atoms. The minimum atomic E-state index is -0.188. The lowest BCUT2D eigenvalue weighted by atomic mass is 9.87. The first kappa shape index (κ1) is 23.1. The van der Waals surface area contributed by atoms with Gasteiger partial charge in [0.05, 0.1) is 65.1 Å². The molecule has 12 heteroatoms. The second kappa shape index (κ2) is 8.47. The standard InChI is InChI=1S/C26H25N9O2S/c1-15(36)34-18-6-19(34)12-33(11-18)25-32-31-24(38-25)20-10-28-22(7-21(20)30-26(2)13-37-14-26)23-4-3-17-5-16(8-27)9-29-35(17)23/h3-5,7,9-10,18-19H,6,11-14H2,1-2H3,(H,28,30). The Balaban J connectivity index is 1.22. The molecule has 8 heterocycles. The SMILES string of the molecule is CC(=O)N1C2CC1CN(c1nnc(-c3cnc(-c4ccc5cc(C#N)cnn45)cc3NC3(C)COC3)s1)C2. The van der Waals surface area contributed by atoms with Gasteiger partial charge in [0.2, 0.25) is 11.0 Å². The Kier molecular flexibility index (Phi) is 5.14. The molecule has 11 nitrogen and oxygen atoms in total. The molecule has 1 N–H and O–H groups in total. The van der Waals surface area contributed by atoms with Crippen molar-refractivity contribution in [1.82, 2.24) is 29.7 Å². The summed E-state index contributed by atoms with van der Waals surface area (Å²) >= 11 is 1.54. The summed E-state index contributed by atoms with van der Waals surface area (Å²) in [6.07, 6.45) is 4.45. The number of rotatable bonds is 5. The molecule has 0 aromatic carbocycles. The van der Waals surface area contributed by atoms with Crippen LogP contribution in [0, 0.1) is 11.3 Å². The van der Waals surface area contributed by atoms with Gasteiger partial charge in [0.25, 0.3) is 0 Å². The summed E-state index contributed by atoms with van der Waals surface area (Å²) < 4.78 is 7.27. The number of fused-ring (bicyclic) bond motifs is 3. The Bertz CT molecular complexity index is 1610. The quantitative estimate of drug-likeness (QED) is 0.417. The van der Waals surface area contributed by atoms with E-state index >= 15 is 0 Å². The van der Waals surface area contributed by atoms with Crippen molar-refractivity contribution < 1.29 is 9.53 Å².